The van der Waals surface area contributed by atoms with E-state index in [2.05, 4.69) is 42.8 Å². The van der Waals surface area contributed by atoms with Gasteiger partial charge in [-0.15, -0.1) is 0 Å². The van der Waals surface area contributed by atoms with Crippen LogP contribution in [0.5, 0.6) is 0 Å². The second kappa shape index (κ2) is 7.59. The summed E-state index contributed by atoms with van der Waals surface area (Å²) < 4.78 is 0. The summed E-state index contributed by atoms with van der Waals surface area (Å²) in [6.45, 7) is 12.7. The van der Waals surface area contributed by atoms with Crippen molar-refractivity contribution in [3.05, 3.63) is 0 Å². The summed E-state index contributed by atoms with van der Waals surface area (Å²) in [6.07, 6.45) is 5.48. The zero-order valence-corrected chi connectivity index (χ0v) is 14.3. The highest BCUT2D eigenvalue weighted by Gasteiger charge is 2.43. The number of nitrogens with zero attached hydrogens (tertiary/aromatic N) is 2. The molecule has 4 nitrogen and oxygen atoms in total. The molecule has 0 aromatic carbocycles. The molecule has 0 aromatic heterocycles. The first-order valence-corrected chi connectivity index (χ1v) is 8.87. The molecule has 2 atom stereocenters. The van der Waals surface area contributed by atoms with Crippen molar-refractivity contribution in [1.82, 2.24) is 15.1 Å². The largest absolute Gasteiger partial charge is 0.324 e. The van der Waals surface area contributed by atoms with Crippen LogP contribution in [0.15, 0.2) is 0 Å². The van der Waals surface area contributed by atoms with Gasteiger partial charge in [-0.2, -0.15) is 0 Å². The molecular weight excluding hydrogens is 262 g/mol. The van der Waals surface area contributed by atoms with Gasteiger partial charge in [-0.3, -0.25) is 10.1 Å². The van der Waals surface area contributed by atoms with E-state index in [9.17, 15) is 4.79 Å². The van der Waals surface area contributed by atoms with Gasteiger partial charge in [0, 0.05) is 13.1 Å². The molecule has 1 saturated carbocycles. The Morgan fingerprint density at radius 1 is 1.24 bits per heavy atom. The molecule has 1 saturated heterocycles. The summed E-state index contributed by atoms with van der Waals surface area (Å²) in [4.78, 5) is 17.3. The van der Waals surface area contributed by atoms with Crippen LogP contribution in [0, 0.1) is 11.8 Å². The number of amides is 1. The molecule has 2 unspecified atom stereocenters. The lowest BCUT2D eigenvalue weighted by atomic mass is 10.0. The molecule has 1 aliphatic carbocycles. The Labute approximate surface area is 130 Å². The standard InChI is InChI=1S/C17H33N3O/c1-5-19(6-2)11-12-20-16(14-9-7-8-10-14)18-15(13(3)4)17(20)21/h13-16,18H,5-12H2,1-4H3. The lowest BCUT2D eigenvalue weighted by Crippen LogP contribution is -2.45. The molecule has 1 aliphatic heterocycles. The second-order valence-corrected chi connectivity index (χ2v) is 6.94. The van der Waals surface area contributed by atoms with E-state index in [0.29, 0.717) is 17.7 Å². The van der Waals surface area contributed by atoms with Gasteiger partial charge in [0.05, 0.1) is 12.2 Å². The fraction of sp³-hybridized carbons (Fsp3) is 0.941. The Hall–Kier alpha value is -0.610. The molecule has 122 valence electrons. The average molecular weight is 295 g/mol. The van der Waals surface area contributed by atoms with Crippen molar-refractivity contribution >= 4 is 5.91 Å². The highest BCUT2D eigenvalue weighted by Crippen LogP contribution is 2.32. The van der Waals surface area contributed by atoms with Crippen LogP contribution in [-0.4, -0.2) is 54.1 Å². The van der Waals surface area contributed by atoms with Crippen molar-refractivity contribution in [2.24, 2.45) is 11.8 Å². The Balaban J connectivity index is 2.03. The van der Waals surface area contributed by atoms with Gasteiger partial charge >= 0.3 is 0 Å². The van der Waals surface area contributed by atoms with Crippen LogP contribution in [0.3, 0.4) is 0 Å². The first kappa shape index (κ1) is 16.8. The van der Waals surface area contributed by atoms with Gasteiger partial charge < -0.3 is 9.80 Å². The van der Waals surface area contributed by atoms with Crippen LogP contribution in [0.2, 0.25) is 0 Å². The van der Waals surface area contributed by atoms with Crippen LogP contribution >= 0.6 is 0 Å². The van der Waals surface area contributed by atoms with Gasteiger partial charge in [0.15, 0.2) is 0 Å². The molecule has 0 spiro atoms. The number of carbonyl (C=O) groups excluding carboxylic acids is 1. The highest BCUT2D eigenvalue weighted by molar-refractivity contribution is 5.84. The van der Waals surface area contributed by atoms with Gasteiger partial charge in [-0.1, -0.05) is 40.5 Å². The van der Waals surface area contributed by atoms with Crippen LogP contribution < -0.4 is 5.32 Å². The minimum absolute atomic E-state index is 0.0207. The predicted molar refractivity (Wildman–Crippen MR) is 87.0 cm³/mol. The van der Waals surface area contributed by atoms with E-state index in [-0.39, 0.29) is 12.2 Å². The van der Waals surface area contributed by atoms with Gasteiger partial charge in [0.2, 0.25) is 5.91 Å². The molecular formula is C17H33N3O. The van der Waals surface area contributed by atoms with Crippen LogP contribution in [0.25, 0.3) is 0 Å². The number of carbonyl (C=O) groups is 1. The number of likely N-dealkylation sites (N-methyl/N-ethyl adjacent to an activating group) is 1. The first-order chi connectivity index (χ1) is 10.1. The molecule has 1 heterocycles. The molecule has 21 heavy (non-hydrogen) atoms. The zero-order valence-electron chi connectivity index (χ0n) is 14.3. The van der Waals surface area contributed by atoms with E-state index in [4.69, 9.17) is 0 Å². The number of nitrogens with one attached hydrogen (secondary N) is 1. The summed E-state index contributed by atoms with van der Waals surface area (Å²) in [6, 6.07) is 0.0207. The molecule has 4 heteroatoms. The first-order valence-electron chi connectivity index (χ1n) is 8.87. The second-order valence-electron chi connectivity index (χ2n) is 6.94. The van der Waals surface area contributed by atoms with Crippen LogP contribution in [0.1, 0.15) is 53.4 Å². The monoisotopic (exact) mass is 295 g/mol. The van der Waals surface area contributed by atoms with E-state index in [1.165, 1.54) is 25.7 Å². The van der Waals surface area contributed by atoms with Crippen molar-refractivity contribution in [1.29, 1.82) is 0 Å². The third-order valence-electron chi connectivity index (χ3n) is 5.30. The van der Waals surface area contributed by atoms with E-state index >= 15 is 0 Å². The Bertz CT molecular complexity index is 335. The van der Waals surface area contributed by atoms with Gasteiger partial charge in [-0.05, 0) is 37.8 Å². The van der Waals surface area contributed by atoms with Crippen LogP contribution in [0.4, 0.5) is 0 Å². The minimum atomic E-state index is 0.0207. The van der Waals surface area contributed by atoms with E-state index < -0.39 is 0 Å². The number of hydrogen-bond acceptors (Lipinski definition) is 3. The fourth-order valence-electron chi connectivity index (χ4n) is 3.84. The topological polar surface area (TPSA) is 35.6 Å². The van der Waals surface area contributed by atoms with Crippen molar-refractivity contribution < 1.29 is 4.79 Å². The maximum atomic E-state index is 12.7. The predicted octanol–water partition coefficient (Wildman–Crippen LogP) is 2.30. The fourth-order valence-corrected chi connectivity index (χ4v) is 3.84. The normalized spacial score (nSPS) is 27.5. The van der Waals surface area contributed by atoms with Gasteiger partial charge in [0.1, 0.15) is 0 Å². The summed E-state index contributed by atoms with van der Waals surface area (Å²) in [5.74, 6) is 1.36. The minimum Gasteiger partial charge on any atom is -0.324 e. The number of rotatable bonds is 7. The lowest BCUT2D eigenvalue weighted by molar-refractivity contribution is -0.131. The average Bonchev–Trinajstić information content (AvgIpc) is 3.08. The molecule has 1 N–H and O–H groups in total. The molecule has 0 bridgehead atoms. The Kier molecular flexibility index (Phi) is 6.06. The van der Waals surface area contributed by atoms with E-state index in [0.717, 1.165) is 26.2 Å². The highest BCUT2D eigenvalue weighted by atomic mass is 16.2. The Morgan fingerprint density at radius 3 is 2.38 bits per heavy atom. The molecule has 2 rings (SSSR count). The summed E-state index contributed by atoms with van der Waals surface area (Å²) in [5.41, 5.74) is 0. The van der Waals surface area contributed by atoms with E-state index in [1.54, 1.807) is 0 Å². The van der Waals surface area contributed by atoms with E-state index in [1.807, 2.05) is 0 Å². The molecule has 2 aliphatic rings. The molecule has 0 radical (unpaired) electrons. The Morgan fingerprint density at radius 2 is 1.86 bits per heavy atom. The summed E-state index contributed by atoms with van der Waals surface area (Å²) in [5, 5.41) is 3.65. The third kappa shape index (κ3) is 3.78. The molecule has 0 aromatic rings. The maximum Gasteiger partial charge on any atom is 0.241 e. The van der Waals surface area contributed by atoms with Crippen molar-refractivity contribution in [3.63, 3.8) is 0 Å². The van der Waals surface area contributed by atoms with Crippen molar-refractivity contribution in [3.8, 4) is 0 Å². The smallest absolute Gasteiger partial charge is 0.241 e. The summed E-state index contributed by atoms with van der Waals surface area (Å²) >= 11 is 0. The lowest BCUT2D eigenvalue weighted by Gasteiger charge is -2.31. The van der Waals surface area contributed by atoms with Gasteiger partial charge in [-0.25, -0.2) is 0 Å². The van der Waals surface area contributed by atoms with Crippen LogP contribution in [-0.2, 0) is 4.79 Å². The quantitative estimate of drug-likeness (QED) is 0.783. The van der Waals surface area contributed by atoms with Crippen molar-refractivity contribution in [2.45, 2.75) is 65.6 Å². The molecule has 1 amide bonds. The number of hydrogen-bond donors (Lipinski definition) is 1. The third-order valence-corrected chi connectivity index (χ3v) is 5.30. The molecule has 2 fully saturated rings. The SMILES string of the molecule is CCN(CC)CCN1C(=O)C(C(C)C)NC1C1CCCC1. The zero-order chi connectivity index (χ0) is 15.4. The van der Waals surface area contributed by atoms with Crippen molar-refractivity contribution in [2.75, 3.05) is 26.2 Å². The van der Waals surface area contributed by atoms with Gasteiger partial charge in [0.25, 0.3) is 0 Å². The summed E-state index contributed by atoms with van der Waals surface area (Å²) in [7, 11) is 0. The maximum absolute atomic E-state index is 12.7.